The van der Waals surface area contributed by atoms with Crippen molar-refractivity contribution in [2.24, 2.45) is 5.92 Å². The topological polar surface area (TPSA) is 39.2 Å². The van der Waals surface area contributed by atoms with Crippen LogP contribution in [0.25, 0.3) is 0 Å². The van der Waals surface area contributed by atoms with Crippen molar-refractivity contribution < 1.29 is 9.53 Å². The zero-order chi connectivity index (χ0) is 10.5. The SMILES string of the molecule is O=C(CC1CCOCC1)c1ccccn1. The zero-order valence-corrected chi connectivity index (χ0v) is 8.69. The molecule has 0 N–H and O–H groups in total. The predicted octanol–water partition coefficient (Wildman–Crippen LogP) is 2.08. The Morgan fingerprint density at radius 1 is 1.40 bits per heavy atom. The van der Waals surface area contributed by atoms with E-state index in [1.807, 2.05) is 12.1 Å². The second-order valence-corrected chi connectivity index (χ2v) is 3.90. The van der Waals surface area contributed by atoms with E-state index in [0.717, 1.165) is 26.1 Å². The maximum atomic E-state index is 11.8. The van der Waals surface area contributed by atoms with Crippen LogP contribution in [-0.2, 0) is 4.74 Å². The number of Topliss-reactive ketones (excluding diaryl/α,β-unsaturated/α-hetero) is 1. The number of hydrogen-bond acceptors (Lipinski definition) is 3. The third-order valence-corrected chi connectivity index (χ3v) is 2.77. The molecular formula is C12H15NO2. The summed E-state index contributed by atoms with van der Waals surface area (Å²) in [5, 5.41) is 0. The highest BCUT2D eigenvalue weighted by Crippen LogP contribution is 2.20. The van der Waals surface area contributed by atoms with E-state index in [9.17, 15) is 4.79 Å². The largest absolute Gasteiger partial charge is 0.381 e. The lowest BCUT2D eigenvalue weighted by Gasteiger charge is -2.20. The highest BCUT2D eigenvalue weighted by molar-refractivity contribution is 5.94. The van der Waals surface area contributed by atoms with Gasteiger partial charge in [-0.2, -0.15) is 0 Å². The Bertz CT molecular complexity index is 318. The molecule has 0 amide bonds. The number of ketones is 1. The summed E-state index contributed by atoms with van der Waals surface area (Å²) in [7, 11) is 0. The monoisotopic (exact) mass is 205 g/mol. The van der Waals surface area contributed by atoms with Crippen LogP contribution in [0.1, 0.15) is 29.8 Å². The number of nitrogens with zero attached hydrogens (tertiary/aromatic N) is 1. The average molecular weight is 205 g/mol. The second-order valence-electron chi connectivity index (χ2n) is 3.90. The molecule has 80 valence electrons. The smallest absolute Gasteiger partial charge is 0.181 e. The van der Waals surface area contributed by atoms with E-state index < -0.39 is 0 Å². The van der Waals surface area contributed by atoms with Gasteiger partial charge in [0.05, 0.1) is 0 Å². The van der Waals surface area contributed by atoms with Gasteiger partial charge in [-0.05, 0) is 30.9 Å². The fourth-order valence-electron chi connectivity index (χ4n) is 1.84. The van der Waals surface area contributed by atoms with Crippen molar-refractivity contribution in [2.75, 3.05) is 13.2 Å². The zero-order valence-electron chi connectivity index (χ0n) is 8.69. The van der Waals surface area contributed by atoms with Crippen molar-refractivity contribution in [2.45, 2.75) is 19.3 Å². The summed E-state index contributed by atoms with van der Waals surface area (Å²) < 4.78 is 5.26. The molecule has 0 unspecified atom stereocenters. The number of pyridine rings is 1. The summed E-state index contributed by atoms with van der Waals surface area (Å²) in [5.74, 6) is 0.635. The van der Waals surface area contributed by atoms with Gasteiger partial charge in [0.2, 0.25) is 0 Å². The molecule has 0 atom stereocenters. The average Bonchev–Trinajstić information content (AvgIpc) is 2.31. The lowest BCUT2D eigenvalue weighted by Crippen LogP contribution is -2.19. The van der Waals surface area contributed by atoms with E-state index >= 15 is 0 Å². The molecule has 1 aromatic heterocycles. The minimum atomic E-state index is 0.155. The van der Waals surface area contributed by atoms with E-state index in [1.165, 1.54) is 0 Å². The van der Waals surface area contributed by atoms with Gasteiger partial charge in [-0.1, -0.05) is 6.07 Å². The third kappa shape index (κ3) is 2.86. The summed E-state index contributed by atoms with van der Waals surface area (Å²) >= 11 is 0. The minimum Gasteiger partial charge on any atom is -0.381 e. The van der Waals surface area contributed by atoms with Crippen molar-refractivity contribution in [3.05, 3.63) is 30.1 Å². The summed E-state index contributed by atoms with van der Waals surface area (Å²) in [6.45, 7) is 1.58. The van der Waals surface area contributed by atoms with Crippen LogP contribution in [0.15, 0.2) is 24.4 Å². The van der Waals surface area contributed by atoms with E-state index in [4.69, 9.17) is 4.74 Å². The van der Waals surface area contributed by atoms with Crippen molar-refractivity contribution in [1.82, 2.24) is 4.98 Å². The summed E-state index contributed by atoms with van der Waals surface area (Å²) in [6.07, 6.45) is 4.27. The van der Waals surface area contributed by atoms with Crippen molar-refractivity contribution in [1.29, 1.82) is 0 Å². The molecule has 1 aromatic rings. The molecular weight excluding hydrogens is 190 g/mol. The second kappa shape index (κ2) is 5.03. The maximum absolute atomic E-state index is 11.8. The Labute approximate surface area is 89.5 Å². The number of hydrogen-bond donors (Lipinski definition) is 0. The predicted molar refractivity (Wildman–Crippen MR) is 56.7 cm³/mol. The Morgan fingerprint density at radius 3 is 2.87 bits per heavy atom. The van der Waals surface area contributed by atoms with Crippen molar-refractivity contribution >= 4 is 5.78 Å². The molecule has 1 saturated heterocycles. The van der Waals surface area contributed by atoms with Crippen LogP contribution < -0.4 is 0 Å². The van der Waals surface area contributed by atoms with Crippen LogP contribution >= 0.6 is 0 Å². The maximum Gasteiger partial charge on any atom is 0.181 e. The number of carbonyl (C=O) groups is 1. The third-order valence-electron chi connectivity index (χ3n) is 2.77. The molecule has 0 aliphatic carbocycles. The van der Waals surface area contributed by atoms with Crippen LogP contribution in [0.4, 0.5) is 0 Å². The minimum absolute atomic E-state index is 0.155. The molecule has 0 aromatic carbocycles. The van der Waals surface area contributed by atoms with Gasteiger partial charge in [-0.25, -0.2) is 0 Å². The van der Waals surface area contributed by atoms with Crippen LogP contribution in [0.5, 0.6) is 0 Å². The fourth-order valence-corrected chi connectivity index (χ4v) is 1.84. The van der Waals surface area contributed by atoms with Crippen LogP contribution in [0.3, 0.4) is 0 Å². The molecule has 0 saturated carbocycles. The summed E-state index contributed by atoms with van der Waals surface area (Å²) in [5.41, 5.74) is 0.587. The normalized spacial score (nSPS) is 17.6. The quantitative estimate of drug-likeness (QED) is 0.709. The van der Waals surface area contributed by atoms with Crippen LogP contribution in [-0.4, -0.2) is 24.0 Å². The first-order valence-corrected chi connectivity index (χ1v) is 5.38. The van der Waals surface area contributed by atoms with Crippen molar-refractivity contribution in [3.8, 4) is 0 Å². The standard InChI is InChI=1S/C12H15NO2/c14-12(11-3-1-2-6-13-11)9-10-4-7-15-8-5-10/h1-3,6,10H,4-5,7-9H2. The van der Waals surface area contributed by atoms with Gasteiger partial charge in [0, 0.05) is 25.8 Å². The highest BCUT2D eigenvalue weighted by atomic mass is 16.5. The molecule has 3 heteroatoms. The molecule has 1 aliphatic rings. The Kier molecular flexibility index (Phi) is 3.45. The molecule has 15 heavy (non-hydrogen) atoms. The van der Waals surface area contributed by atoms with E-state index in [1.54, 1.807) is 12.3 Å². The molecule has 0 spiro atoms. The molecule has 1 aliphatic heterocycles. The lowest BCUT2D eigenvalue weighted by molar-refractivity contribution is 0.0599. The Hall–Kier alpha value is -1.22. The Balaban J connectivity index is 1.91. The van der Waals surface area contributed by atoms with Gasteiger partial charge < -0.3 is 4.74 Å². The summed E-state index contributed by atoms with van der Waals surface area (Å²) in [4.78, 5) is 15.9. The van der Waals surface area contributed by atoms with Gasteiger partial charge in [0.25, 0.3) is 0 Å². The number of rotatable bonds is 3. The first-order chi connectivity index (χ1) is 7.36. The van der Waals surface area contributed by atoms with Crippen LogP contribution in [0, 0.1) is 5.92 Å². The van der Waals surface area contributed by atoms with Crippen molar-refractivity contribution in [3.63, 3.8) is 0 Å². The Morgan fingerprint density at radius 2 is 2.20 bits per heavy atom. The highest BCUT2D eigenvalue weighted by Gasteiger charge is 2.18. The molecule has 2 rings (SSSR count). The van der Waals surface area contributed by atoms with Gasteiger partial charge in [-0.15, -0.1) is 0 Å². The van der Waals surface area contributed by atoms with Gasteiger partial charge in [-0.3, -0.25) is 9.78 Å². The number of aromatic nitrogens is 1. The van der Waals surface area contributed by atoms with Gasteiger partial charge in [0.15, 0.2) is 5.78 Å². The van der Waals surface area contributed by atoms with Gasteiger partial charge in [0.1, 0.15) is 5.69 Å². The molecule has 0 bridgehead atoms. The van der Waals surface area contributed by atoms with E-state index in [0.29, 0.717) is 18.0 Å². The number of carbonyl (C=O) groups excluding carboxylic acids is 1. The summed E-state index contributed by atoms with van der Waals surface area (Å²) in [6, 6.07) is 5.46. The molecule has 0 radical (unpaired) electrons. The molecule has 3 nitrogen and oxygen atoms in total. The van der Waals surface area contributed by atoms with Crippen LogP contribution in [0.2, 0.25) is 0 Å². The molecule has 1 fully saturated rings. The lowest BCUT2D eigenvalue weighted by atomic mass is 9.93. The van der Waals surface area contributed by atoms with Gasteiger partial charge >= 0.3 is 0 Å². The van der Waals surface area contributed by atoms with E-state index in [2.05, 4.69) is 4.98 Å². The number of ether oxygens (including phenoxy) is 1. The first kappa shape index (κ1) is 10.3. The van der Waals surface area contributed by atoms with E-state index in [-0.39, 0.29) is 5.78 Å². The fraction of sp³-hybridized carbons (Fsp3) is 0.500. The molecule has 2 heterocycles. The first-order valence-electron chi connectivity index (χ1n) is 5.38.